The van der Waals surface area contributed by atoms with E-state index in [-0.39, 0.29) is 0 Å². The van der Waals surface area contributed by atoms with Crippen molar-refractivity contribution in [3.8, 4) is 0 Å². The molecule has 0 heterocycles. The summed E-state index contributed by atoms with van der Waals surface area (Å²) < 4.78 is 0. The molecule has 3 rings (SSSR count). The first-order chi connectivity index (χ1) is 9.11. The number of rotatable bonds is 5. The van der Waals surface area contributed by atoms with Crippen LogP contribution in [0.25, 0.3) is 0 Å². The first-order valence-electron chi connectivity index (χ1n) is 7.84. The van der Waals surface area contributed by atoms with Crippen LogP contribution in [0.2, 0.25) is 0 Å². The lowest BCUT2D eigenvalue weighted by molar-refractivity contribution is -0.147. The van der Waals surface area contributed by atoms with Gasteiger partial charge in [-0.1, -0.05) is 6.42 Å². The fourth-order valence-electron chi connectivity index (χ4n) is 3.69. The van der Waals surface area contributed by atoms with Gasteiger partial charge in [0.15, 0.2) is 0 Å². The summed E-state index contributed by atoms with van der Waals surface area (Å²) in [6, 6.07) is 1.61. The van der Waals surface area contributed by atoms with Crippen molar-refractivity contribution >= 4 is 5.97 Å². The molecule has 0 saturated heterocycles. The van der Waals surface area contributed by atoms with Crippen LogP contribution < -0.4 is 5.32 Å². The largest absolute Gasteiger partial charge is 0.480 e. The van der Waals surface area contributed by atoms with Gasteiger partial charge in [-0.2, -0.15) is 0 Å². The molecular weight excluding hydrogens is 240 g/mol. The van der Waals surface area contributed by atoms with E-state index >= 15 is 0 Å². The van der Waals surface area contributed by atoms with Crippen molar-refractivity contribution in [1.29, 1.82) is 0 Å². The van der Waals surface area contributed by atoms with Gasteiger partial charge in [0.25, 0.3) is 0 Å². The van der Waals surface area contributed by atoms with E-state index in [2.05, 4.69) is 17.3 Å². The van der Waals surface area contributed by atoms with Gasteiger partial charge in [0, 0.05) is 18.1 Å². The number of carboxylic acid groups (broad SMARTS) is 1. The average Bonchev–Trinajstić information content (AvgIpc) is 3.10. The molecule has 0 aromatic carbocycles. The highest BCUT2D eigenvalue weighted by Gasteiger charge is 2.47. The van der Waals surface area contributed by atoms with Gasteiger partial charge in [0.1, 0.15) is 5.54 Å². The summed E-state index contributed by atoms with van der Waals surface area (Å²) in [5.41, 5.74) is -0.651. The number of carbonyl (C=O) groups is 1. The van der Waals surface area contributed by atoms with Crippen LogP contribution in [0, 0.1) is 0 Å². The van der Waals surface area contributed by atoms with E-state index in [0.29, 0.717) is 18.1 Å². The molecule has 2 unspecified atom stereocenters. The zero-order valence-electron chi connectivity index (χ0n) is 11.9. The summed E-state index contributed by atoms with van der Waals surface area (Å²) in [5, 5.41) is 13.1. The number of nitrogens with one attached hydrogen (secondary N) is 1. The lowest BCUT2D eigenvalue weighted by Gasteiger charge is -2.46. The van der Waals surface area contributed by atoms with Gasteiger partial charge in [0.05, 0.1) is 0 Å². The van der Waals surface area contributed by atoms with Crippen LogP contribution >= 0.6 is 0 Å². The maximum Gasteiger partial charge on any atom is 0.323 e. The molecule has 0 amide bonds. The van der Waals surface area contributed by atoms with Crippen molar-refractivity contribution < 1.29 is 9.90 Å². The van der Waals surface area contributed by atoms with Crippen LogP contribution in [0.4, 0.5) is 0 Å². The lowest BCUT2D eigenvalue weighted by Crippen LogP contribution is -2.59. The summed E-state index contributed by atoms with van der Waals surface area (Å²) >= 11 is 0. The average molecular weight is 266 g/mol. The Balaban J connectivity index is 1.68. The van der Waals surface area contributed by atoms with Crippen molar-refractivity contribution in [3.05, 3.63) is 0 Å². The molecule has 0 bridgehead atoms. The molecule has 3 aliphatic carbocycles. The third kappa shape index (κ3) is 2.65. The molecule has 0 radical (unpaired) electrons. The van der Waals surface area contributed by atoms with Crippen LogP contribution in [0.15, 0.2) is 0 Å². The molecule has 2 N–H and O–H groups in total. The van der Waals surface area contributed by atoms with Crippen LogP contribution in [0.5, 0.6) is 0 Å². The Morgan fingerprint density at radius 1 is 1.16 bits per heavy atom. The normalized spacial score (nSPS) is 36.2. The highest BCUT2D eigenvalue weighted by Crippen LogP contribution is 2.37. The van der Waals surface area contributed by atoms with Gasteiger partial charge < -0.3 is 10.0 Å². The Kier molecular flexibility index (Phi) is 3.56. The zero-order chi connectivity index (χ0) is 13.5. The molecule has 0 aromatic heterocycles. The van der Waals surface area contributed by atoms with Crippen LogP contribution in [0.3, 0.4) is 0 Å². The zero-order valence-corrected chi connectivity index (χ0v) is 11.9. The van der Waals surface area contributed by atoms with Crippen molar-refractivity contribution in [2.45, 2.75) is 81.5 Å². The number of carboxylic acids is 1. The molecule has 3 saturated carbocycles. The quantitative estimate of drug-likeness (QED) is 0.799. The van der Waals surface area contributed by atoms with Crippen molar-refractivity contribution in [2.24, 2.45) is 0 Å². The number of nitrogens with zero attached hydrogens (tertiary/aromatic N) is 1. The number of hydrogen-bond donors (Lipinski definition) is 2. The van der Waals surface area contributed by atoms with Crippen molar-refractivity contribution in [2.75, 3.05) is 7.05 Å². The molecule has 0 aromatic rings. The van der Waals surface area contributed by atoms with Gasteiger partial charge in [-0.3, -0.25) is 10.1 Å². The molecule has 19 heavy (non-hydrogen) atoms. The first-order valence-corrected chi connectivity index (χ1v) is 7.84. The number of aliphatic carboxylic acids is 1. The second kappa shape index (κ2) is 5.06. The van der Waals surface area contributed by atoms with Gasteiger partial charge in [-0.15, -0.1) is 0 Å². The van der Waals surface area contributed by atoms with E-state index in [9.17, 15) is 9.90 Å². The SMILES string of the molecule is CN(C1CCC1)C1CCCC(NC2CC2)(C(=O)O)C1. The molecule has 108 valence electrons. The molecule has 2 atom stereocenters. The molecular formula is C15H26N2O2. The van der Waals surface area contributed by atoms with E-state index in [0.717, 1.165) is 38.5 Å². The van der Waals surface area contributed by atoms with E-state index in [1.165, 1.54) is 19.3 Å². The van der Waals surface area contributed by atoms with E-state index in [4.69, 9.17) is 0 Å². The first kappa shape index (κ1) is 13.4. The molecule has 0 aliphatic heterocycles. The maximum absolute atomic E-state index is 11.8. The van der Waals surface area contributed by atoms with E-state index in [1.54, 1.807) is 0 Å². The summed E-state index contributed by atoms with van der Waals surface area (Å²) in [4.78, 5) is 14.2. The Morgan fingerprint density at radius 2 is 1.84 bits per heavy atom. The van der Waals surface area contributed by atoms with Crippen molar-refractivity contribution in [1.82, 2.24) is 10.2 Å². The van der Waals surface area contributed by atoms with Gasteiger partial charge >= 0.3 is 5.97 Å². The van der Waals surface area contributed by atoms with Crippen molar-refractivity contribution in [3.63, 3.8) is 0 Å². The summed E-state index contributed by atoms with van der Waals surface area (Å²) in [5.74, 6) is -0.633. The highest BCUT2D eigenvalue weighted by molar-refractivity contribution is 5.79. The van der Waals surface area contributed by atoms with Gasteiger partial charge in [0.2, 0.25) is 0 Å². The Labute approximate surface area is 115 Å². The Morgan fingerprint density at radius 3 is 2.37 bits per heavy atom. The summed E-state index contributed by atoms with van der Waals surface area (Å²) in [7, 11) is 2.20. The second-order valence-electron chi connectivity index (χ2n) is 6.81. The van der Waals surface area contributed by atoms with E-state index < -0.39 is 11.5 Å². The van der Waals surface area contributed by atoms with Crippen LogP contribution in [-0.2, 0) is 4.79 Å². The minimum atomic E-state index is -0.651. The minimum Gasteiger partial charge on any atom is -0.480 e. The minimum absolute atomic E-state index is 0.446. The summed E-state index contributed by atoms with van der Waals surface area (Å²) in [6.07, 6.45) is 10.0. The van der Waals surface area contributed by atoms with Gasteiger partial charge in [-0.05, 0) is 58.4 Å². The van der Waals surface area contributed by atoms with Crippen LogP contribution in [0.1, 0.15) is 57.8 Å². The molecule has 3 aliphatic rings. The van der Waals surface area contributed by atoms with E-state index in [1.807, 2.05) is 0 Å². The molecule has 3 fully saturated rings. The van der Waals surface area contributed by atoms with Gasteiger partial charge in [-0.25, -0.2) is 0 Å². The van der Waals surface area contributed by atoms with Crippen LogP contribution in [-0.4, -0.2) is 46.7 Å². The molecule has 0 spiro atoms. The lowest BCUT2D eigenvalue weighted by atomic mass is 9.77. The molecule has 4 heteroatoms. The second-order valence-corrected chi connectivity index (χ2v) is 6.81. The third-order valence-electron chi connectivity index (χ3n) is 5.42. The number of hydrogen-bond acceptors (Lipinski definition) is 3. The predicted molar refractivity (Wildman–Crippen MR) is 74.2 cm³/mol. The Bertz CT molecular complexity index is 352. The third-order valence-corrected chi connectivity index (χ3v) is 5.42. The Hall–Kier alpha value is -0.610. The summed E-state index contributed by atoms with van der Waals surface area (Å²) in [6.45, 7) is 0. The predicted octanol–water partition coefficient (Wildman–Crippen LogP) is 1.99. The highest BCUT2D eigenvalue weighted by atomic mass is 16.4. The molecule has 4 nitrogen and oxygen atoms in total. The fourth-order valence-corrected chi connectivity index (χ4v) is 3.69. The monoisotopic (exact) mass is 266 g/mol. The fraction of sp³-hybridized carbons (Fsp3) is 0.933. The standard InChI is InChI=1S/C15H26N2O2/c1-17(12-4-2-5-12)13-6-3-9-15(10-13,14(18)19)16-11-7-8-11/h11-13,16H,2-10H2,1H3,(H,18,19). The maximum atomic E-state index is 11.8. The topological polar surface area (TPSA) is 52.6 Å². The smallest absolute Gasteiger partial charge is 0.323 e.